The fraction of sp³-hybridized carbons (Fsp3) is 0.812. The lowest BCUT2D eigenvalue weighted by atomic mass is 10.1. The van der Waals surface area contributed by atoms with Crippen LogP contribution < -0.4 is 5.32 Å². The normalized spacial score (nSPS) is 15.4. The predicted octanol–water partition coefficient (Wildman–Crippen LogP) is -0.375. The molecule has 0 aromatic rings. The van der Waals surface area contributed by atoms with Gasteiger partial charge in [0.2, 0.25) is 11.8 Å². The van der Waals surface area contributed by atoms with Crippen molar-refractivity contribution in [3.05, 3.63) is 0 Å². The highest BCUT2D eigenvalue weighted by Crippen LogP contribution is 2.10. The van der Waals surface area contributed by atoms with E-state index in [-0.39, 0.29) is 36.9 Å². The van der Waals surface area contributed by atoms with Crippen LogP contribution in [-0.2, 0) is 23.9 Å². The van der Waals surface area contributed by atoms with Gasteiger partial charge in [0.25, 0.3) is 0 Å². The summed E-state index contributed by atoms with van der Waals surface area (Å²) in [7, 11) is 1.57. The molecule has 0 aromatic carbocycles. The summed E-state index contributed by atoms with van der Waals surface area (Å²) in [5.74, 6) is -0.409. The molecule has 0 aromatic heterocycles. The van der Waals surface area contributed by atoms with E-state index in [0.29, 0.717) is 32.8 Å². The quantitative estimate of drug-likeness (QED) is 0.575. The van der Waals surface area contributed by atoms with Crippen LogP contribution in [0.3, 0.4) is 0 Å². The maximum Gasteiger partial charge on any atom is 0.320 e. The Bertz CT molecular complexity index is 422. The second-order valence-electron chi connectivity index (χ2n) is 5.86. The zero-order valence-electron chi connectivity index (χ0n) is 14.9. The molecule has 1 rings (SSSR count). The molecule has 1 aliphatic heterocycles. The predicted molar refractivity (Wildman–Crippen MR) is 88.4 cm³/mol. The van der Waals surface area contributed by atoms with Crippen LogP contribution in [0, 0.1) is 0 Å². The van der Waals surface area contributed by atoms with E-state index in [2.05, 4.69) is 5.32 Å². The fourth-order valence-corrected chi connectivity index (χ4v) is 2.64. The molecule has 8 heteroatoms. The van der Waals surface area contributed by atoms with Gasteiger partial charge in [-0.15, -0.1) is 0 Å². The molecule has 24 heavy (non-hydrogen) atoms. The molecular formula is C16H29N3O5. The SMILES string of the molecule is CCOC(=O)CN(CCOC)CC(=O)NC1CCN(C(C)=O)CC1. The number of nitrogens with one attached hydrogen (secondary N) is 1. The average molecular weight is 343 g/mol. The fourth-order valence-electron chi connectivity index (χ4n) is 2.64. The largest absolute Gasteiger partial charge is 0.465 e. The summed E-state index contributed by atoms with van der Waals surface area (Å²) in [4.78, 5) is 38.6. The lowest BCUT2D eigenvalue weighted by Gasteiger charge is -2.32. The van der Waals surface area contributed by atoms with Crippen molar-refractivity contribution in [2.75, 3.05) is 53.0 Å². The van der Waals surface area contributed by atoms with Crippen molar-refractivity contribution in [3.8, 4) is 0 Å². The van der Waals surface area contributed by atoms with E-state index in [9.17, 15) is 14.4 Å². The number of amides is 2. The first kappa shape index (κ1) is 20.4. The number of piperidine rings is 1. The number of carbonyl (C=O) groups excluding carboxylic acids is 3. The van der Waals surface area contributed by atoms with Gasteiger partial charge in [-0.05, 0) is 19.8 Å². The summed E-state index contributed by atoms with van der Waals surface area (Å²) in [6.07, 6.45) is 1.50. The highest BCUT2D eigenvalue weighted by molar-refractivity contribution is 5.79. The molecule has 1 N–H and O–H groups in total. The third-order valence-electron chi connectivity index (χ3n) is 3.94. The molecule has 0 unspecified atom stereocenters. The van der Waals surface area contributed by atoms with Crippen LogP contribution in [-0.4, -0.2) is 86.7 Å². The maximum atomic E-state index is 12.2. The molecule has 0 atom stereocenters. The molecule has 0 spiro atoms. The van der Waals surface area contributed by atoms with Crippen LogP contribution >= 0.6 is 0 Å². The van der Waals surface area contributed by atoms with Gasteiger partial charge in [-0.3, -0.25) is 19.3 Å². The second kappa shape index (κ2) is 11.0. The smallest absolute Gasteiger partial charge is 0.320 e. The topological polar surface area (TPSA) is 88.2 Å². The van der Waals surface area contributed by atoms with E-state index in [1.165, 1.54) is 0 Å². The number of methoxy groups -OCH3 is 1. The maximum absolute atomic E-state index is 12.2. The van der Waals surface area contributed by atoms with Crippen molar-refractivity contribution in [2.24, 2.45) is 0 Å². The standard InChI is InChI=1S/C16H29N3O5/c1-4-24-16(22)12-18(9-10-23-3)11-15(21)17-14-5-7-19(8-6-14)13(2)20/h14H,4-12H2,1-3H3,(H,17,21). The summed E-state index contributed by atoms with van der Waals surface area (Å²) in [5, 5.41) is 2.98. The number of hydrogen-bond acceptors (Lipinski definition) is 6. The van der Waals surface area contributed by atoms with Crippen molar-refractivity contribution in [1.82, 2.24) is 15.1 Å². The Morgan fingerprint density at radius 2 is 1.88 bits per heavy atom. The molecule has 0 aliphatic carbocycles. The molecule has 0 saturated carbocycles. The van der Waals surface area contributed by atoms with Gasteiger partial charge in [-0.2, -0.15) is 0 Å². The number of likely N-dealkylation sites (tertiary alicyclic amines) is 1. The van der Waals surface area contributed by atoms with E-state index < -0.39 is 0 Å². The summed E-state index contributed by atoms with van der Waals surface area (Å²) in [6.45, 7) is 6.04. The molecule has 1 heterocycles. The minimum absolute atomic E-state index is 0.0629. The monoisotopic (exact) mass is 343 g/mol. The molecule has 2 amide bonds. The van der Waals surface area contributed by atoms with Gasteiger partial charge < -0.3 is 19.7 Å². The van der Waals surface area contributed by atoms with Gasteiger partial charge in [0.1, 0.15) is 0 Å². The first-order chi connectivity index (χ1) is 11.5. The van der Waals surface area contributed by atoms with Gasteiger partial charge in [0.05, 0.1) is 26.3 Å². The minimum Gasteiger partial charge on any atom is -0.465 e. The lowest BCUT2D eigenvalue weighted by Crippen LogP contribution is -2.49. The molecule has 0 radical (unpaired) electrons. The Kier molecular flexibility index (Phi) is 9.33. The Hall–Kier alpha value is -1.67. The van der Waals surface area contributed by atoms with Crippen LogP contribution in [0.1, 0.15) is 26.7 Å². The number of esters is 1. The van der Waals surface area contributed by atoms with E-state index in [4.69, 9.17) is 9.47 Å². The summed E-state index contributed by atoms with van der Waals surface area (Å²) in [6, 6.07) is 0.0694. The van der Waals surface area contributed by atoms with Crippen LogP contribution in [0.2, 0.25) is 0 Å². The molecule has 0 bridgehead atoms. The van der Waals surface area contributed by atoms with Crippen molar-refractivity contribution in [3.63, 3.8) is 0 Å². The zero-order chi connectivity index (χ0) is 17.9. The number of hydrogen-bond donors (Lipinski definition) is 1. The van der Waals surface area contributed by atoms with Crippen molar-refractivity contribution >= 4 is 17.8 Å². The average Bonchev–Trinajstić information content (AvgIpc) is 2.53. The Morgan fingerprint density at radius 1 is 1.21 bits per heavy atom. The Labute approximate surface area is 143 Å². The van der Waals surface area contributed by atoms with Crippen LogP contribution in [0.5, 0.6) is 0 Å². The van der Waals surface area contributed by atoms with Crippen LogP contribution in [0.25, 0.3) is 0 Å². The number of rotatable bonds is 9. The van der Waals surface area contributed by atoms with Crippen LogP contribution in [0.4, 0.5) is 0 Å². The van der Waals surface area contributed by atoms with E-state index in [0.717, 1.165) is 12.8 Å². The number of nitrogens with zero attached hydrogens (tertiary/aromatic N) is 2. The third kappa shape index (κ3) is 7.74. The molecule has 1 saturated heterocycles. The molecule has 1 aliphatic rings. The highest BCUT2D eigenvalue weighted by Gasteiger charge is 2.23. The highest BCUT2D eigenvalue weighted by atomic mass is 16.5. The Balaban J connectivity index is 2.40. The van der Waals surface area contributed by atoms with Crippen molar-refractivity contribution < 1.29 is 23.9 Å². The number of carbonyl (C=O) groups is 3. The van der Waals surface area contributed by atoms with Gasteiger partial charge in [0.15, 0.2) is 0 Å². The first-order valence-electron chi connectivity index (χ1n) is 8.38. The molecular weight excluding hydrogens is 314 g/mol. The van der Waals surface area contributed by atoms with Gasteiger partial charge in [-0.25, -0.2) is 0 Å². The van der Waals surface area contributed by atoms with Crippen LogP contribution in [0.15, 0.2) is 0 Å². The minimum atomic E-state index is -0.351. The zero-order valence-corrected chi connectivity index (χ0v) is 14.9. The third-order valence-corrected chi connectivity index (χ3v) is 3.94. The summed E-state index contributed by atoms with van der Waals surface area (Å²) in [5.41, 5.74) is 0. The van der Waals surface area contributed by atoms with E-state index in [1.807, 2.05) is 0 Å². The van der Waals surface area contributed by atoms with Crippen molar-refractivity contribution in [2.45, 2.75) is 32.7 Å². The second-order valence-corrected chi connectivity index (χ2v) is 5.86. The molecule has 138 valence electrons. The van der Waals surface area contributed by atoms with Gasteiger partial charge in [-0.1, -0.05) is 0 Å². The van der Waals surface area contributed by atoms with Gasteiger partial charge in [0, 0.05) is 39.7 Å². The van der Waals surface area contributed by atoms with Gasteiger partial charge >= 0.3 is 5.97 Å². The van der Waals surface area contributed by atoms with Crippen molar-refractivity contribution in [1.29, 1.82) is 0 Å². The molecule has 8 nitrogen and oxygen atoms in total. The van der Waals surface area contributed by atoms with E-state index in [1.54, 1.807) is 30.8 Å². The summed E-state index contributed by atoms with van der Waals surface area (Å²) < 4.78 is 9.94. The summed E-state index contributed by atoms with van der Waals surface area (Å²) >= 11 is 0. The lowest BCUT2D eigenvalue weighted by molar-refractivity contribution is -0.144. The molecule has 1 fully saturated rings. The first-order valence-corrected chi connectivity index (χ1v) is 8.38. The Morgan fingerprint density at radius 3 is 2.42 bits per heavy atom. The number of ether oxygens (including phenoxy) is 2. The van der Waals surface area contributed by atoms with E-state index >= 15 is 0 Å².